The summed E-state index contributed by atoms with van der Waals surface area (Å²) in [7, 11) is 3.15. The fourth-order valence-electron chi connectivity index (χ4n) is 1.53. The number of nitrogen functional groups attached to an aromatic ring is 1. The highest BCUT2D eigenvalue weighted by Gasteiger charge is 2.16. The van der Waals surface area contributed by atoms with Crippen molar-refractivity contribution in [3.63, 3.8) is 0 Å². The largest absolute Gasteiger partial charge is 0.497 e. The van der Waals surface area contributed by atoms with Gasteiger partial charge in [-0.1, -0.05) is 0 Å². The van der Waals surface area contributed by atoms with Crippen molar-refractivity contribution in [2.24, 2.45) is 0 Å². The van der Waals surface area contributed by atoms with Crippen molar-refractivity contribution in [2.45, 2.75) is 13.0 Å². The Morgan fingerprint density at radius 2 is 2.24 bits per heavy atom. The number of aliphatic hydroxyl groups excluding tert-OH is 1. The Hall–Kier alpha value is -1.75. The first-order valence-corrected chi connectivity index (χ1v) is 5.32. The molecule has 1 unspecified atom stereocenters. The number of anilines is 1. The van der Waals surface area contributed by atoms with Crippen molar-refractivity contribution in [3.8, 4) is 5.75 Å². The second-order valence-corrected chi connectivity index (χ2v) is 3.99. The van der Waals surface area contributed by atoms with Gasteiger partial charge < -0.3 is 20.5 Å². The van der Waals surface area contributed by atoms with Crippen LogP contribution in [-0.4, -0.2) is 42.7 Å². The topological polar surface area (TPSA) is 75.8 Å². The number of methoxy groups -OCH3 is 1. The molecule has 0 aliphatic carbocycles. The van der Waals surface area contributed by atoms with E-state index in [2.05, 4.69) is 0 Å². The highest BCUT2D eigenvalue weighted by Crippen LogP contribution is 2.20. The standard InChI is InChI=1S/C12H18N2O3/c1-8(15)7-14(2)12(16)10-6-9(17-3)4-5-11(10)13/h4-6,8,15H,7,13H2,1-3H3. The van der Waals surface area contributed by atoms with Gasteiger partial charge in [0.1, 0.15) is 5.75 Å². The molecule has 0 saturated heterocycles. The monoisotopic (exact) mass is 238 g/mol. The Morgan fingerprint density at radius 1 is 1.59 bits per heavy atom. The molecule has 0 heterocycles. The van der Waals surface area contributed by atoms with Crippen molar-refractivity contribution < 1.29 is 14.6 Å². The number of rotatable bonds is 4. The molecular formula is C12H18N2O3. The van der Waals surface area contributed by atoms with Crippen molar-refractivity contribution in [1.82, 2.24) is 4.90 Å². The average Bonchev–Trinajstić information content (AvgIpc) is 2.28. The smallest absolute Gasteiger partial charge is 0.255 e. The van der Waals surface area contributed by atoms with E-state index in [0.29, 0.717) is 17.0 Å². The van der Waals surface area contributed by atoms with E-state index < -0.39 is 6.10 Å². The van der Waals surface area contributed by atoms with Crippen molar-refractivity contribution >= 4 is 11.6 Å². The molecule has 1 atom stereocenters. The lowest BCUT2D eigenvalue weighted by Gasteiger charge is -2.19. The summed E-state index contributed by atoms with van der Waals surface area (Å²) in [5, 5.41) is 9.24. The molecule has 1 rings (SSSR count). The van der Waals surface area contributed by atoms with Crippen LogP contribution in [0.15, 0.2) is 18.2 Å². The number of hydrogen-bond donors (Lipinski definition) is 2. The maximum atomic E-state index is 12.0. The van der Waals surface area contributed by atoms with Gasteiger partial charge in [0.25, 0.3) is 5.91 Å². The summed E-state index contributed by atoms with van der Waals surface area (Å²) in [6, 6.07) is 4.92. The molecule has 94 valence electrons. The third kappa shape index (κ3) is 3.35. The molecule has 0 aliphatic heterocycles. The Kier molecular flexibility index (Phi) is 4.34. The first-order chi connectivity index (χ1) is 7.95. The number of ether oxygens (including phenoxy) is 1. The van der Waals surface area contributed by atoms with Crippen LogP contribution in [0, 0.1) is 0 Å². The zero-order valence-corrected chi connectivity index (χ0v) is 10.3. The summed E-state index contributed by atoms with van der Waals surface area (Å²) in [6.07, 6.45) is -0.573. The van der Waals surface area contributed by atoms with Gasteiger partial charge in [0.2, 0.25) is 0 Å². The van der Waals surface area contributed by atoms with E-state index in [1.54, 1.807) is 32.2 Å². The number of carbonyl (C=O) groups is 1. The molecule has 5 nitrogen and oxygen atoms in total. The quantitative estimate of drug-likeness (QED) is 0.758. The number of carbonyl (C=O) groups excluding carboxylic acids is 1. The van der Waals surface area contributed by atoms with Crippen LogP contribution in [-0.2, 0) is 0 Å². The molecule has 1 aromatic carbocycles. The Morgan fingerprint density at radius 3 is 2.76 bits per heavy atom. The van der Waals surface area contributed by atoms with E-state index in [-0.39, 0.29) is 12.5 Å². The predicted octanol–water partition coefficient (Wildman–Crippen LogP) is 0.730. The van der Waals surface area contributed by atoms with Gasteiger partial charge in [-0.25, -0.2) is 0 Å². The molecule has 0 radical (unpaired) electrons. The molecule has 0 fully saturated rings. The molecular weight excluding hydrogens is 220 g/mol. The number of benzene rings is 1. The first kappa shape index (κ1) is 13.3. The third-order valence-electron chi connectivity index (χ3n) is 2.38. The van der Waals surface area contributed by atoms with E-state index >= 15 is 0 Å². The molecule has 0 aromatic heterocycles. The van der Waals surface area contributed by atoms with Crippen molar-refractivity contribution in [2.75, 3.05) is 26.4 Å². The van der Waals surface area contributed by atoms with E-state index in [1.807, 2.05) is 0 Å². The van der Waals surface area contributed by atoms with E-state index in [0.717, 1.165) is 0 Å². The Bertz CT molecular complexity index is 405. The fraction of sp³-hybridized carbons (Fsp3) is 0.417. The minimum absolute atomic E-state index is 0.234. The highest BCUT2D eigenvalue weighted by molar-refractivity contribution is 5.99. The number of amides is 1. The van der Waals surface area contributed by atoms with E-state index in [1.165, 1.54) is 12.0 Å². The minimum Gasteiger partial charge on any atom is -0.497 e. The zero-order valence-electron chi connectivity index (χ0n) is 10.3. The second-order valence-electron chi connectivity index (χ2n) is 3.99. The lowest BCUT2D eigenvalue weighted by molar-refractivity contribution is 0.0704. The number of likely N-dealkylation sites (N-methyl/N-ethyl adjacent to an activating group) is 1. The van der Waals surface area contributed by atoms with Crippen LogP contribution < -0.4 is 10.5 Å². The third-order valence-corrected chi connectivity index (χ3v) is 2.38. The van der Waals surface area contributed by atoms with Crippen LogP contribution >= 0.6 is 0 Å². The van der Waals surface area contributed by atoms with E-state index in [9.17, 15) is 9.90 Å². The molecule has 0 aliphatic rings. The van der Waals surface area contributed by atoms with Gasteiger partial charge in [-0.05, 0) is 25.1 Å². The van der Waals surface area contributed by atoms with Gasteiger partial charge >= 0.3 is 0 Å². The summed E-state index contributed by atoms with van der Waals surface area (Å²) >= 11 is 0. The number of nitrogens with zero attached hydrogens (tertiary/aromatic N) is 1. The average molecular weight is 238 g/mol. The summed E-state index contributed by atoms with van der Waals surface area (Å²) < 4.78 is 5.05. The molecule has 0 spiro atoms. The highest BCUT2D eigenvalue weighted by atomic mass is 16.5. The SMILES string of the molecule is COc1ccc(N)c(C(=O)N(C)CC(C)O)c1. The molecule has 1 amide bonds. The first-order valence-electron chi connectivity index (χ1n) is 5.32. The maximum absolute atomic E-state index is 12.0. The molecule has 1 aromatic rings. The number of nitrogens with two attached hydrogens (primary N) is 1. The predicted molar refractivity (Wildman–Crippen MR) is 66.0 cm³/mol. The van der Waals surface area contributed by atoms with Crippen LogP contribution in [0.1, 0.15) is 17.3 Å². The van der Waals surface area contributed by atoms with Gasteiger partial charge in [0.15, 0.2) is 0 Å². The van der Waals surface area contributed by atoms with Gasteiger partial charge in [-0.3, -0.25) is 4.79 Å². The zero-order chi connectivity index (χ0) is 13.0. The van der Waals surface area contributed by atoms with Crippen LogP contribution in [0.3, 0.4) is 0 Å². The van der Waals surface area contributed by atoms with Crippen molar-refractivity contribution in [1.29, 1.82) is 0 Å². The van der Waals surface area contributed by atoms with Gasteiger partial charge in [-0.2, -0.15) is 0 Å². The molecule has 3 N–H and O–H groups in total. The van der Waals surface area contributed by atoms with Crippen LogP contribution in [0.2, 0.25) is 0 Å². The second kappa shape index (κ2) is 5.54. The van der Waals surface area contributed by atoms with Gasteiger partial charge in [-0.15, -0.1) is 0 Å². The van der Waals surface area contributed by atoms with Crippen LogP contribution in [0.4, 0.5) is 5.69 Å². The molecule has 5 heteroatoms. The van der Waals surface area contributed by atoms with Gasteiger partial charge in [0.05, 0.1) is 18.8 Å². The van der Waals surface area contributed by atoms with Crippen molar-refractivity contribution in [3.05, 3.63) is 23.8 Å². The molecule has 17 heavy (non-hydrogen) atoms. The molecule has 0 saturated carbocycles. The lowest BCUT2D eigenvalue weighted by Crippen LogP contribution is -2.33. The lowest BCUT2D eigenvalue weighted by atomic mass is 10.1. The summed E-state index contributed by atoms with van der Waals surface area (Å²) in [4.78, 5) is 13.5. The number of aliphatic hydroxyl groups is 1. The summed E-state index contributed by atoms with van der Waals surface area (Å²) in [5.41, 5.74) is 6.53. The summed E-state index contributed by atoms with van der Waals surface area (Å²) in [5.74, 6) is 0.343. The maximum Gasteiger partial charge on any atom is 0.255 e. The minimum atomic E-state index is -0.573. The summed E-state index contributed by atoms with van der Waals surface area (Å²) in [6.45, 7) is 1.88. The van der Waals surface area contributed by atoms with Crippen LogP contribution in [0.5, 0.6) is 5.75 Å². The fourth-order valence-corrected chi connectivity index (χ4v) is 1.53. The van der Waals surface area contributed by atoms with Crippen LogP contribution in [0.25, 0.3) is 0 Å². The Balaban J connectivity index is 2.94. The number of hydrogen-bond acceptors (Lipinski definition) is 4. The normalized spacial score (nSPS) is 12.0. The Labute approximate surface area is 101 Å². The molecule has 0 bridgehead atoms. The van der Waals surface area contributed by atoms with E-state index in [4.69, 9.17) is 10.5 Å². The van der Waals surface area contributed by atoms with Gasteiger partial charge in [0, 0.05) is 19.3 Å².